The Balaban J connectivity index is 1.40. The molecule has 1 fully saturated rings. The van der Waals surface area contributed by atoms with E-state index in [9.17, 15) is 4.79 Å². The molecule has 0 radical (unpaired) electrons. The van der Waals surface area contributed by atoms with E-state index in [0.717, 1.165) is 23.6 Å². The fourth-order valence-electron chi connectivity index (χ4n) is 4.12. The van der Waals surface area contributed by atoms with Crippen LogP contribution in [0, 0.1) is 0 Å². The van der Waals surface area contributed by atoms with E-state index in [2.05, 4.69) is 22.1 Å². The fraction of sp³-hybridized carbons (Fsp3) is 0.250. The minimum absolute atomic E-state index is 0.0421. The van der Waals surface area contributed by atoms with Crippen LogP contribution in [0.2, 0.25) is 0 Å². The number of carbonyl (C=O) groups is 1. The van der Waals surface area contributed by atoms with Crippen LogP contribution in [0.15, 0.2) is 73.2 Å². The van der Waals surface area contributed by atoms with Gasteiger partial charge in [0.15, 0.2) is 0 Å². The molecule has 5 rings (SSSR count). The van der Waals surface area contributed by atoms with E-state index in [1.165, 1.54) is 4.80 Å². The number of pyridine rings is 1. The first-order valence-corrected chi connectivity index (χ1v) is 10.5. The van der Waals surface area contributed by atoms with Crippen molar-refractivity contribution in [1.29, 1.82) is 0 Å². The van der Waals surface area contributed by atoms with Crippen molar-refractivity contribution in [2.75, 3.05) is 6.54 Å². The van der Waals surface area contributed by atoms with Gasteiger partial charge in [0.25, 0.3) is 5.91 Å². The predicted molar refractivity (Wildman–Crippen MR) is 117 cm³/mol. The Morgan fingerprint density at radius 1 is 0.968 bits per heavy atom. The van der Waals surface area contributed by atoms with Crippen molar-refractivity contribution in [2.24, 2.45) is 0 Å². The number of ether oxygens (including phenoxy) is 1. The smallest absolute Gasteiger partial charge is 0.256 e. The molecule has 1 amide bonds. The van der Waals surface area contributed by atoms with E-state index >= 15 is 0 Å². The Labute approximate surface area is 180 Å². The van der Waals surface area contributed by atoms with Crippen molar-refractivity contribution in [3.8, 4) is 11.6 Å². The molecule has 0 spiro atoms. The molecular formula is C24H23N5O2. The molecule has 156 valence electrons. The van der Waals surface area contributed by atoms with Crippen LogP contribution < -0.4 is 4.74 Å². The van der Waals surface area contributed by atoms with Crippen molar-refractivity contribution < 1.29 is 9.53 Å². The number of nitrogens with zero attached hydrogens (tertiary/aromatic N) is 5. The molecule has 0 bridgehead atoms. The van der Waals surface area contributed by atoms with Gasteiger partial charge in [0.1, 0.15) is 6.10 Å². The molecule has 3 heterocycles. The molecule has 0 unspecified atom stereocenters. The SMILES string of the molecule is C[C@@H]1CC[C@H](Oc2nccc3ccccc23)CN1C(=O)c1ccccc1-n1nccn1. The zero-order valence-electron chi connectivity index (χ0n) is 17.3. The lowest BCUT2D eigenvalue weighted by Crippen LogP contribution is -2.49. The molecule has 0 aliphatic carbocycles. The van der Waals surface area contributed by atoms with Crippen LogP contribution >= 0.6 is 0 Å². The number of fused-ring (bicyclic) bond motifs is 1. The van der Waals surface area contributed by atoms with E-state index in [0.29, 0.717) is 23.7 Å². The maximum absolute atomic E-state index is 13.5. The highest BCUT2D eigenvalue weighted by Crippen LogP contribution is 2.28. The van der Waals surface area contributed by atoms with Gasteiger partial charge in [-0.25, -0.2) is 4.98 Å². The predicted octanol–water partition coefficient (Wildman–Crippen LogP) is 3.89. The maximum Gasteiger partial charge on any atom is 0.256 e. The van der Waals surface area contributed by atoms with E-state index in [4.69, 9.17) is 4.74 Å². The monoisotopic (exact) mass is 413 g/mol. The van der Waals surface area contributed by atoms with Gasteiger partial charge in [0.05, 0.1) is 30.2 Å². The van der Waals surface area contributed by atoms with E-state index < -0.39 is 0 Å². The third-order valence-electron chi connectivity index (χ3n) is 5.78. The minimum Gasteiger partial charge on any atom is -0.472 e. The minimum atomic E-state index is -0.117. The van der Waals surface area contributed by atoms with Crippen molar-refractivity contribution in [3.63, 3.8) is 0 Å². The largest absolute Gasteiger partial charge is 0.472 e. The number of carbonyl (C=O) groups excluding carboxylic acids is 1. The molecule has 1 aliphatic rings. The average Bonchev–Trinajstić information content (AvgIpc) is 3.35. The molecule has 2 aromatic carbocycles. The third-order valence-corrected chi connectivity index (χ3v) is 5.78. The number of likely N-dealkylation sites (tertiary alicyclic amines) is 1. The van der Waals surface area contributed by atoms with Crippen LogP contribution in [0.4, 0.5) is 0 Å². The molecule has 7 heteroatoms. The molecule has 1 saturated heterocycles. The number of rotatable bonds is 4. The number of benzene rings is 2. The number of amides is 1. The standard InChI is InChI=1S/C24H23N5O2/c1-17-10-11-19(31-23-20-7-3-2-6-18(20)12-13-25-23)16-28(17)24(30)21-8-4-5-9-22(21)29-26-14-15-27-29/h2-9,12-15,17,19H,10-11,16H2,1H3/t17-,19+/m1/s1. The summed E-state index contributed by atoms with van der Waals surface area (Å²) in [6, 6.07) is 17.6. The van der Waals surface area contributed by atoms with Gasteiger partial charge in [-0.15, -0.1) is 0 Å². The molecule has 31 heavy (non-hydrogen) atoms. The van der Waals surface area contributed by atoms with Gasteiger partial charge in [-0.2, -0.15) is 15.0 Å². The highest BCUT2D eigenvalue weighted by molar-refractivity contribution is 5.98. The normalized spacial score (nSPS) is 18.8. The van der Waals surface area contributed by atoms with Gasteiger partial charge in [-0.3, -0.25) is 4.79 Å². The zero-order valence-corrected chi connectivity index (χ0v) is 17.3. The molecular weight excluding hydrogens is 390 g/mol. The molecule has 2 aromatic heterocycles. The first-order valence-electron chi connectivity index (χ1n) is 10.5. The van der Waals surface area contributed by atoms with Crippen LogP contribution in [-0.2, 0) is 0 Å². The number of piperidine rings is 1. The summed E-state index contributed by atoms with van der Waals surface area (Å²) in [5, 5.41) is 10.5. The summed E-state index contributed by atoms with van der Waals surface area (Å²) >= 11 is 0. The Bertz CT molecular complexity index is 1200. The number of aromatic nitrogens is 4. The lowest BCUT2D eigenvalue weighted by atomic mass is 9.99. The second-order valence-electron chi connectivity index (χ2n) is 7.80. The second kappa shape index (κ2) is 8.18. The average molecular weight is 413 g/mol. The lowest BCUT2D eigenvalue weighted by Gasteiger charge is -2.38. The van der Waals surface area contributed by atoms with Crippen molar-refractivity contribution >= 4 is 16.7 Å². The molecule has 4 aromatic rings. The molecule has 7 nitrogen and oxygen atoms in total. The van der Waals surface area contributed by atoms with Crippen LogP contribution in [0.25, 0.3) is 16.5 Å². The van der Waals surface area contributed by atoms with E-state index in [1.807, 2.05) is 59.5 Å². The Hall–Kier alpha value is -3.74. The Morgan fingerprint density at radius 3 is 2.61 bits per heavy atom. The van der Waals surface area contributed by atoms with Crippen LogP contribution in [0.1, 0.15) is 30.1 Å². The van der Waals surface area contributed by atoms with Crippen molar-refractivity contribution in [1.82, 2.24) is 24.9 Å². The number of hydrogen-bond donors (Lipinski definition) is 0. The van der Waals surface area contributed by atoms with Crippen molar-refractivity contribution in [3.05, 3.63) is 78.8 Å². The third kappa shape index (κ3) is 3.74. The summed E-state index contributed by atoms with van der Waals surface area (Å²) in [6.45, 7) is 2.59. The van der Waals surface area contributed by atoms with E-state index in [-0.39, 0.29) is 18.1 Å². The van der Waals surface area contributed by atoms with Gasteiger partial charge >= 0.3 is 0 Å². The highest BCUT2D eigenvalue weighted by Gasteiger charge is 2.32. The van der Waals surface area contributed by atoms with E-state index in [1.54, 1.807) is 18.6 Å². The summed E-state index contributed by atoms with van der Waals surface area (Å²) in [6.07, 6.45) is 6.59. The first kappa shape index (κ1) is 19.2. The molecule has 1 aliphatic heterocycles. The first-order chi connectivity index (χ1) is 15.2. The Morgan fingerprint density at radius 2 is 1.74 bits per heavy atom. The van der Waals surface area contributed by atoms with Crippen LogP contribution in [-0.4, -0.2) is 49.5 Å². The van der Waals surface area contributed by atoms with Gasteiger partial charge in [0.2, 0.25) is 5.88 Å². The summed E-state index contributed by atoms with van der Waals surface area (Å²) in [5.74, 6) is 0.575. The summed E-state index contributed by atoms with van der Waals surface area (Å²) < 4.78 is 6.30. The van der Waals surface area contributed by atoms with Crippen LogP contribution in [0.5, 0.6) is 5.88 Å². The molecule has 2 atom stereocenters. The van der Waals surface area contributed by atoms with Crippen LogP contribution in [0.3, 0.4) is 0 Å². The summed E-state index contributed by atoms with van der Waals surface area (Å²) in [4.78, 5) is 21.3. The quantitative estimate of drug-likeness (QED) is 0.508. The molecule has 0 saturated carbocycles. The molecule has 0 N–H and O–H groups in total. The van der Waals surface area contributed by atoms with Gasteiger partial charge < -0.3 is 9.64 Å². The summed E-state index contributed by atoms with van der Waals surface area (Å²) in [5.41, 5.74) is 1.25. The van der Waals surface area contributed by atoms with Gasteiger partial charge in [-0.05, 0) is 49.4 Å². The lowest BCUT2D eigenvalue weighted by molar-refractivity contribution is 0.0377. The topological polar surface area (TPSA) is 73.1 Å². The van der Waals surface area contributed by atoms with Crippen molar-refractivity contribution in [2.45, 2.75) is 31.9 Å². The maximum atomic E-state index is 13.5. The fourth-order valence-corrected chi connectivity index (χ4v) is 4.12. The second-order valence-corrected chi connectivity index (χ2v) is 7.80. The summed E-state index contributed by atoms with van der Waals surface area (Å²) in [7, 11) is 0. The Kier molecular flexibility index (Phi) is 5.08. The van der Waals surface area contributed by atoms with Gasteiger partial charge in [0, 0.05) is 17.6 Å². The highest BCUT2D eigenvalue weighted by atomic mass is 16.5. The number of para-hydroxylation sites is 1. The zero-order chi connectivity index (χ0) is 21.2. The van der Waals surface area contributed by atoms with Gasteiger partial charge in [-0.1, -0.05) is 30.3 Å². The number of hydrogen-bond acceptors (Lipinski definition) is 5.